The summed E-state index contributed by atoms with van der Waals surface area (Å²) < 4.78 is 0. The Kier molecular flexibility index (Phi) is 4.08. The fourth-order valence-corrected chi connectivity index (χ4v) is 2.27. The first-order valence-electron chi connectivity index (χ1n) is 6.06. The SMILES string of the molecule is CN(Cc1cccnc1C#N)C1CCCNC1. The van der Waals surface area contributed by atoms with Crippen LogP contribution in [-0.4, -0.2) is 36.1 Å². The molecule has 1 atom stereocenters. The zero-order chi connectivity index (χ0) is 12.1. The lowest BCUT2D eigenvalue weighted by atomic mass is 10.1. The second-order valence-corrected chi connectivity index (χ2v) is 4.54. The van der Waals surface area contributed by atoms with Crippen LogP contribution in [0.15, 0.2) is 18.3 Å². The van der Waals surface area contributed by atoms with E-state index in [0.717, 1.165) is 25.2 Å². The van der Waals surface area contributed by atoms with Crippen molar-refractivity contribution in [3.8, 4) is 6.07 Å². The monoisotopic (exact) mass is 230 g/mol. The van der Waals surface area contributed by atoms with Crippen molar-refractivity contribution in [1.82, 2.24) is 15.2 Å². The van der Waals surface area contributed by atoms with Crippen molar-refractivity contribution < 1.29 is 0 Å². The van der Waals surface area contributed by atoms with Crippen molar-refractivity contribution in [2.24, 2.45) is 0 Å². The van der Waals surface area contributed by atoms with Crippen molar-refractivity contribution >= 4 is 0 Å². The van der Waals surface area contributed by atoms with Gasteiger partial charge in [-0.1, -0.05) is 6.07 Å². The predicted octanol–water partition coefficient (Wildman–Crippen LogP) is 1.14. The minimum atomic E-state index is 0.545. The van der Waals surface area contributed by atoms with Gasteiger partial charge in [0.05, 0.1) is 0 Å². The number of rotatable bonds is 3. The third kappa shape index (κ3) is 3.02. The maximum absolute atomic E-state index is 9.00. The van der Waals surface area contributed by atoms with Crippen molar-refractivity contribution in [2.75, 3.05) is 20.1 Å². The van der Waals surface area contributed by atoms with Crippen LogP contribution < -0.4 is 5.32 Å². The van der Waals surface area contributed by atoms with E-state index in [1.165, 1.54) is 12.8 Å². The summed E-state index contributed by atoms with van der Waals surface area (Å²) in [4.78, 5) is 6.40. The molecule has 1 saturated heterocycles. The third-order valence-corrected chi connectivity index (χ3v) is 3.31. The molecule has 1 unspecified atom stereocenters. The lowest BCUT2D eigenvalue weighted by Crippen LogP contribution is -2.43. The van der Waals surface area contributed by atoms with Crippen LogP contribution in [0.3, 0.4) is 0 Å². The minimum absolute atomic E-state index is 0.545. The van der Waals surface area contributed by atoms with Gasteiger partial charge in [-0.2, -0.15) is 5.26 Å². The number of aromatic nitrogens is 1. The van der Waals surface area contributed by atoms with E-state index < -0.39 is 0 Å². The summed E-state index contributed by atoms with van der Waals surface area (Å²) in [6.45, 7) is 2.96. The van der Waals surface area contributed by atoms with E-state index in [9.17, 15) is 0 Å². The fraction of sp³-hybridized carbons (Fsp3) is 0.538. The largest absolute Gasteiger partial charge is 0.315 e. The third-order valence-electron chi connectivity index (χ3n) is 3.31. The number of likely N-dealkylation sites (N-methyl/N-ethyl adjacent to an activating group) is 1. The van der Waals surface area contributed by atoms with Gasteiger partial charge in [-0.05, 0) is 32.5 Å². The van der Waals surface area contributed by atoms with Gasteiger partial charge in [0.25, 0.3) is 0 Å². The van der Waals surface area contributed by atoms with E-state index in [-0.39, 0.29) is 0 Å². The molecule has 0 aliphatic carbocycles. The van der Waals surface area contributed by atoms with Crippen molar-refractivity contribution in [2.45, 2.75) is 25.4 Å². The molecule has 2 rings (SSSR count). The maximum atomic E-state index is 9.00. The molecule has 1 aliphatic heterocycles. The molecular formula is C13H18N4. The molecule has 0 aromatic carbocycles. The summed E-state index contributed by atoms with van der Waals surface area (Å²) in [7, 11) is 2.12. The second-order valence-electron chi connectivity index (χ2n) is 4.54. The van der Waals surface area contributed by atoms with E-state index in [1.807, 2.05) is 12.1 Å². The Morgan fingerprint density at radius 2 is 2.53 bits per heavy atom. The van der Waals surface area contributed by atoms with Crippen LogP contribution in [0.4, 0.5) is 0 Å². The standard InChI is InChI=1S/C13H18N4/c1-17(12-5-3-6-15-9-12)10-11-4-2-7-16-13(11)8-14/h2,4,7,12,15H,3,5-6,9-10H2,1H3. The molecule has 2 heterocycles. The van der Waals surface area contributed by atoms with Crippen molar-refractivity contribution in [3.63, 3.8) is 0 Å². The van der Waals surface area contributed by atoms with Crippen LogP contribution >= 0.6 is 0 Å². The van der Waals surface area contributed by atoms with E-state index in [0.29, 0.717) is 11.7 Å². The summed E-state index contributed by atoms with van der Waals surface area (Å²) in [5, 5.41) is 12.4. The average molecular weight is 230 g/mol. The van der Waals surface area contributed by atoms with Crippen LogP contribution in [0, 0.1) is 11.3 Å². The molecule has 0 amide bonds. The van der Waals surface area contributed by atoms with Crippen LogP contribution in [0.1, 0.15) is 24.1 Å². The first-order chi connectivity index (χ1) is 8.31. The van der Waals surface area contributed by atoms with Gasteiger partial charge in [-0.3, -0.25) is 4.90 Å². The summed E-state index contributed by atoms with van der Waals surface area (Å²) in [6.07, 6.45) is 4.13. The van der Waals surface area contributed by atoms with Crippen LogP contribution in [0.25, 0.3) is 0 Å². The van der Waals surface area contributed by atoms with Gasteiger partial charge in [0, 0.05) is 30.9 Å². The Morgan fingerprint density at radius 3 is 3.24 bits per heavy atom. The molecule has 0 bridgehead atoms. The smallest absolute Gasteiger partial charge is 0.144 e. The topological polar surface area (TPSA) is 52.0 Å². The molecule has 1 aliphatic rings. The van der Waals surface area contributed by atoms with Crippen LogP contribution in [0.2, 0.25) is 0 Å². The number of pyridine rings is 1. The highest BCUT2D eigenvalue weighted by Gasteiger charge is 2.18. The fourth-order valence-electron chi connectivity index (χ4n) is 2.27. The normalized spacial score (nSPS) is 20.2. The molecule has 0 spiro atoms. The number of nitrogens with one attached hydrogen (secondary N) is 1. The summed E-state index contributed by atoms with van der Waals surface area (Å²) >= 11 is 0. The first kappa shape index (κ1) is 12.0. The molecule has 4 nitrogen and oxygen atoms in total. The van der Waals surface area contributed by atoms with Gasteiger partial charge in [0.1, 0.15) is 11.8 Å². The number of piperidine rings is 1. The first-order valence-corrected chi connectivity index (χ1v) is 6.06. The zero-order valence-electron chi connectivity index (χ0n) is 10.2. The molecular weight excluding hydrogens is 212 g/mol. The van der Waals surface area contributed by atoms with Gasteiger partial charge in [-0.25, -0.2) is 4.98 Å². The maximum Gasteiger partial charge on any atom is 0.144 e. The lowest BCUT2D eigenvalue weighted by molar-refractivity contribution is 0.195. The van der Waals surface area contributed by atoms with Gasteiger partial charge in [0.2, 0.25) is 0 Å². The quantitative estimate of drug-likeness (QED) is 0.846. The number of nitrogens with zero attached hydrogens (tertiary/aromatic N) is 3. The highest BCUT2D eigenvalue weighted by molar-refractivity contribution is 5.30. The van der Waals surface area contributed by atoms with Gasteiger partial charge < -0.3 is 5.32 Å². The molecule has 1 aromatic rings. The molecule has 0 radical (unpaired) electrons. The Hall–Kier alpha value is -1.44. The molecule has 4 heteroatoms. The summed E-state index contributed by atoms with van der Waals surface area (Å²) in [5.41, 5.74) is 1.56. The Morgan fingerprint density at radius 1 is 1.65 bits per heavy atom. The Bertz CT molecular complexity index is 404. The number of nitriles is 1. The summed E-state index contributed by atoms with van der Waals surface area (Å²) in [6, 6.07) is 6.59. The lowest BCUT2D eigenvalue weighted by Gasteiger charge is -2.31. The molecule has 1 aromatic heterocycles. The predicted molar refractivity (Wildman–Crippen MR) is 66.3 cm³/mol. The Labute approximate surface area is 102 Å². The highest BCUT2D eigenvalue weighted by atomic mass is 15.2. The van der Waals surface area contributed by atoms with Gasteiger partial charge >= 0.3 is 0 Å². The van der Waals surface area contributed by atoms with E-state index in [2.05, 4.69) is 28.3 Å². The molecule has 0 saturated carbocycles. The van der Waals surface area contributed by atoms with Crippen LogP contribution in [0.5, 0.6) is 0 Å². The second kappa shape index (κ2) is 5.76. The molecule has 17 heavy (non-hydrogen) atoms. The zero-order valence-corrected chi connectivity index (χ0v) is 10.2. The summed E-state index contributed by atoms with van der Waals surface area (Å²) in [5.74, 6) is 0. The van der Waals surface area contributed by atoms with E-state index in [4.69, 9.17) is 5.26 Å². The highest BCUT2D eigenvalue weighted by Crippen LogP contribution is 2.13. The average Bonchev–Trinajstić information content (AvgIpc) is 2.40. The van der Waals surface area contributed by atoms with Crippen molar-refractivity contribution in [1.29, 1.82) is 5.26 Å². The van der Waals surface area contributed by atoms with E-state index >= 15 is 0 Å². The van der Waals surface area contributed by atoms with Crippen molar-refractivity contribution in [3.05, 3.63) is 29.6 Å². The molecule has 1 N–H and O–H groups in total. The van der Waals surface area contributed by atoms with Gasteiger partial charge in [-0.15, -0.1) is 0 Å². The molecule has 1 fully saturated rings. The van der Waals surface area contributed by atoms with E-state index in [1.54, 1.807) is 6.20 Å². The van der Waals surface area contributed by atoms with Crippen LogP contribution in [-0.2, 0) is 6.54 Å². The molecule has 90 valence electrons. The number of hydrogen-bond donors (Lipinski definition) is 1. The Balaban J connectivity index is 2.02. The van der Waals surface area contributed by atoms with Gasteiger partial charge in [0.15, 0.2) is 0 Å². The number of hydrogen-bond acceptors (Lipinski definition) is 4. The minimum Gasteiger partial charge on any atom is -0.315 e.